The highest BCUT2D eigenvalue weighted by Gasteiger charge is 2.43. The van der Waals surface area contributed by atoms with Crippen molar-refractivity contribution in [3.63, 3.8) is 0 Å². The number of sulfonamides is 1. The SMILES string of the molecule is Cc1ccc(S(=O)(=O)N=C2S[C@@H](CC(=O)Nc3ccccc3)C(=O)N2C2CCCCC2)cc1. The summed E-state index contributed by atoms with van der Waals surface area (Å²) in [6, 6.07) is 15.4. The second-order valence-corrected chi connectivity index (χ2v) is 11.2. The smallest absolute Gasteiger partial charge is 0.284 e. The highest BCUT2D eigenvalue weighted by Crippen LogP contribution is 2.36. The average molecular weight is 486 g/mol. The Balaban J connectivity index is 1.58. The fourth-order valence-electron chi connectivity index (χ4n) is 4.12. The van der Waals surface area contributed by atoms with E-state index in [1.807, 2.05) is 25.1 Å². The van der Waals surface area contributed by atoms with Crippen LogP contribution in [0.3, 0.4) is 0 Å². The van der Waals surface area contributed by atoms with Crippen LogP contribution in [0.2, 0.25) is 0 Å². The van der Waals surface area contributed by atoms with Crippen molar-refractivity contribution in [3.05, 3.63) is 60.2 Å². The summed E-state index contributed by atoms with van der Waals surface area (Å²) in [5.41, 5.74) is 1.60. The van der Waals surface area contributed by atoms with Crippen molar-refractivity contribution in [2.75, 3.05) is 5.32 Å². The monoisotopic (exact) mass is 485 g/mol. The lowest BCUT2D eigenvalue weighted by Gasteiger charge is -2.30. The first-order valence-corrected chi connectivity index (χ1v) is 13.4. The van der Waals surface area contributed by atoms with E-state index in [0.717, 1.165) is 49.4 Å². The zero-order valence-electron chi connectivity index (χ0n) is 18.4. The molecule has 7 nitrogen and oxygen atoms in total. The minimum atomic E-state index is -3.98. The Morgan fingerprint density at radius 3 is 2.39 bits per heavy atom. The van der Waals surface area contributed by atoms with Crippen molar-refractivity contribution in [1.29, 1.82) is 0 Å². The summed E-state index contributed by atoms with van der Waals surface area (Å²) in [4.78, 5) is 27.5. The number of nitrogens with one attached hydrogen (secondary N) is 1. The van der Waals surface area contributed by atoms with Crippen LogP contribution in [0.1, 0.15) is 44.1 Å². The molecule has 1 saturated carbocycles. The van der Waals surface area contributed by atoms with Crippen molar-refractivity contribution in [1.82, 2.24) is 4.90 Å². The molecular weight excluding hydrogens is 458 g/mol. The van der Waals surface area contributed by atoms with Crippen molar-refractivity contribution >= 4 is 44.5 Å². The van der Waals surface area contributed by atoms with Gasteiger partial charge in [0.05, 0.1) is 4.90 Å². The van der Waals surface area contributed by atoms with Gasteiger partial charge in [0.15, 0.2) is 5.17 Å². The molecule has 9 heteroatoms. The topological polar surface area (TPSA) is 95.9 Å². The third kappa shape index (κ3) is 5.65. The molecule has 174 valence electrons. The second kappa shape index (κ2) is 10.1. The van der Waals surface area contributed by atoms with Gasteiger partial charge in [-0.05, 0) is 44.0 Å². The van der Waals surface area contributed by atoms with E-state index in [0.29, 0.717) is 5.69 Å². The van der Waals surface area contributed by atoms with E-state index in [1.165, 1.54) is 17.0 Å². The zero-order chi connectivity index (χ0) is 23.4. The first-order valence-electron chi connectivity index (χ1n) is 11.1. The van der Waals surface area contributed by atoms with Crippen LogP contribution in [0.5, 0.6) is 0 Å². The number of anilines is 1. The summed E-state index contributed by atoms with van der Waals surface area (Å²) in [5, 5.41) is 2.26. The van der Waals surface area contributed by atoms with Crippen LogP contribution in [0.4, 0.5) is 5.69 Å². The van der Waals surface area contributed by atoms with Gasteiger partial charge in [-0.25, -0.2) is 0 Å². The molecule has 1 atom stereocenters. The van der Waals surface area contributed by atoms with E-state index in [2.05, 4.69) is 9.71 Å². The lowest BCUT2D eigenvalue weighted by Crippen LogP contribution is -2.42. The number of thioether (sulfide) groups is 1. The van der Waals surface area contributed by atoms with Crippen LogP contribution in [0.15, 0.2) is 63.9 Å². The number of carbonyl (C=O) groups is 2. The average Bonchev–Trinajstić information content (AvgIpc) is 3.09. The van der Waals surface area contributed by atoms with Crippen molar-refractivity contribution in [2.24, 2.45) is 4.40 Å². The minimum Gasteiger partial charge on any atom is -0.326 e. The Labute approximate surface area is 198 Å². The molecule has 4 rings (SSSR count). The third-order valence-electron chi connectivity index (χ3n) is 5.85. The third-order valence-corrected chi connectivity index (χ3v) is 8.40. The van der Waals surface area contributed by atoms with Gasteiger partial charge < -0.3 is 5.32 Å². The molecule has 1 aliphatic carbocycles. The van der Waals surface area contributed by atoms with Crippen LogP contribution in [-0.2, 0) is 19.6 Å². The van der Waals surface area contributed by atoms with Crippen LogP contribution >= 0.6 is 11.8 Å². The van der Waals surface area contributed by atoms with Gasteiger partial charge in [-0.3, -0.25) is 14.5 Å². The predicted molar refractivity (Wildman–Crippen MR) is 131 cm³/mol. The molecule has 2 aliphatic rings. The number of carbonyl (C=O) groups excluding carboxylic acids is 2. The van der Waals surface area contributed by atoms with Crippen molar-refractivity contribution < 1.29 is 18.0 Å². The standard InChI is InChI=1S/C24H27N3O4S2/c1-17-12-14-20(15-13-17)33(30,31)26-24-27(19-10-6-3-7-11-19)23(29)21(32-24)16-22(28)25-18-8-4-2-5-9-18/h2,4-5,8-9,12-15,19,21H,3,6-7,10-11,16H2,1H3,(H,25,28)/t21-/m0/s1. The number of rotatable bonds is 6. The quantitative estimate of drug-likeness (QED) is 0.656. The molecular formula is C24H27N3O4S2. The molecule has 1 aliphatic heterocycles. The number of aryl methyl sites for hydroxylation is 1. The summed E-state index contributed by atoms with van der Waals surface area (Å²) in [5.74, 6) is -0.536. The number of amides is 2. The molecule has 1 heterocycles. The number of hydrogen-bond donors (Lipinski definition) is 1. The predicted octanol–water partition coefficient (Wildman–Crippen LogP) is 4.35. The van der Waals surface area contributed by atoms with E-state index < -0.39 is 15.3 Å². The second-order valence-electron chi connectivity index (χ2n) is 8.39. The molecule has 0 unspecified atom stereocenters. The zero-order valence-corrected chi connectivity index (χ0v) is 20.1. The maximum absolute atomic E-state index is 13.3. The van der Waals surface area contributed by atoms with E-state index in [4.69, 9.17) is 0 Å². The maximum atomic E-state index is 13.3. The lowest BCUT2D eigenvalue weighted by atomic mass is 9.94. The van der Waals surface area contributed by atoms with E-state index >= 15 is 0 Å². The fourth-order valence-corrected chi connectivity index (χ4v) is 6.52. The van der Waals surface area contributed by atoms with Gasteiger partial charge in [-0.2, -0.15) is 8.42 Å². The van der Waals surface area contributed by atoms with Crippen LogP contribution in [-0.4, -0.2) is 41.6 Å². The highest BCUT2D eigenvalue weighted by molar-refractivity contribution is 8.16. The first-order chi connectivity index (χ1) is 15.8. The molecule has 1 N–H and O–H groups in total. The molecule has 33 heavy (non-hydrogen) atoms. The molecule has 0 spiro atoms. The van der Waals surface area contributed by atoms with E-state index in [9.17, 15) is 18.0 Å². The molecule has 0 bridgehead atoms. The van der Waals surface area contributed by atoms with Crippen LogP contribution in [0.25, 0.3) is 0 Å². The Bertz CT molecular complexity index is 1140. The number of para-hydroxylation sites is 1. The minimum absolute atomic E-state index is 0.0504. The lowest BCUT2D eigenvalue weighted by molar-refractivity contribution is -0.130. The molecule has 1 saturated heterocycles. The van der Waals surface area contributed by atoms with Gasteiger partial charge in [0, 0.05) is 18.2 Å². The summed E-state index contributed by atoms with van der Waals surface area (Å²) in [7, 11) is -3.98. The molecule has 2 amide bonds. The Hall–Kier alpha value is -2.65. The normalized spacial score (nSPS) is 20.9. The number of amidine groups is 1. The molecule has 0 radical (unpaired) electrons. The van der Waals surface area contributed by atoms with Crippen molar-refractivity contribution in [2.45, 2.75) is 61.6 Å². The number of benzene rings is 2. The summed E-state index contributed by atoms with van der Waals surface area (Å²) >= 11 is 1.07. The van der Waals surface area contributed by atoms with E-state index in [1.54, 1.807) is 24.3 Å². The van der Waals surface area contributed by atoms with E-state index in [-0.39, 0.29) is 34.3 Å². The van der Waals surface area contributed by atoms with Gasteiger partial charge >= 0.3 is 0 Å². The molecule has 2 aromatic rings. The summed E-state index contributed by atoms with van der Waals surface area (Å²) in [6.07, 6.45) is 4.62. The Kier molecular flexibility index (Phi) is 7.19. The van der Waals surface area contributed by atoms with Gasteiger partial charge in [0.2, 0.25) is 11.8 Å². The maximum Gasteiger partial charge on any atom is 0.284 e. The molecule has 0 aromatic heterocycles. The fraction of sp³-hybridized carbons (Fsp3) is 0.375. The number of nitrogens with zero attached hydrogens (tertiary/aromatic N) is 2. The highest BCUT2D eigenvalue weighted by atomic mass is 32.2. The van der Waals surface area contributed by atoms with Gasteiger partial charge in [-0.15, -0.1) is 4.40 Å². The Morgan fingerprint density at radius 2 is 1.73 bits per heavy atom. The van der Waals surface area contributed by atoms with Gasteiger partial charge in [0.1, 0.15) is 5.25 Å². The number of hydrogen-bond acceptors (Lipinski definition) is 5. The van der Waals surface area contributed by atoms with Gasteiger partial charge in [-0.1, -0.05) is 66.9 Å². The van der Waals surface area contributed by atoms with Gasteiger partial charge in [0.25, 0.3) is 10.0 Å². The Morgan fingerprint density at radius 1 is 1.06 bits per heavy atom. The summed E-state index contributed by atoms with van der Waals surface area (Å²) < 4.78 is 30.1. The largest absolute Gasteiger partial charge is 0.326 e. The first kappa shape index (κ1) is 23.5. The van der Waals surface area contributed by atoms with Crippen LogP contribution < -0.4 is 5.32 Å². The molecule has 2 aromatic carbocycles. The summed E-state index contributed by atoms with van der Waals surface area (Å²) in [6.45, 7) is 1.88. The van der Waals surface area contributed by atoms with Crippen molar-refractivity contribution in [3.8, 4) is 0 Å². The van der Waals surface area contributed by atoms with Crippen LogP contribution in [0, 0.1) is 6.92 Å². The molecule has 2 fully saturated rings.